The molecule has 0 saturated heterocycles. The van der Waals surface area contributed by atoms with Gasteiger partial charge in [0.05, 0.1) is 5.39 Å². The third kappa shape index (κ3) is 1.71. The minimum Gasteiger partial charge on any atom is -0.296 e. The number of fused-ring (bicyclic) bond motifs is 1. The Bertz CT molecular complexity index is 523. The number of aryl methyl sites for hydroxylation is 1. The Hall–Kier alpha value is -1.13. The van der Waals surface area contributed by atoms with Crippen molar-refractivity contribution in [2.45, 2.75) is 6.92 Å². The Labute approximate surface area is 90.8 Å². The lowest BCUT2D eigenvalue weighted by Crippen LogP contribution is -2.09. The summed E-state index contributed by atoms with van der Waals surface area (Å²) in [5.74, 6) is 0. The van der Waals surface area contributed by atoms with Gasteiger partial charge < -0.3 is 0 Å². The van der Waals surface area contributed by atoms with Crippen molar-refractivity contribution in [1.29, 1.82) is 0 Å². The summed E-state index contributed by atoms with van der Waals surface area (Å²) in [5, 5.41) is 0.558. The lowest BCUT2D eigenvalue weighted by atomic mass is 10.2. The molecule has 0 amide bonds. The molecule has 4 nitrogen and oxygen atoms in total. The van der Waals surface area contributed by atoms with Crippen LogP contribution in [-0.2, 0) is 0 Å². The van der Waals surface area contributed by atoms with E-state index < -0.39 is 0 Å². The van der Waals surface area contributed by atoms with Crippen LogP contribution in [-0.4, -0.2) is 15.0 Å². The number of nitrogens with zero attached hydrogens (tertiary/aromatic N) is 2. The summed E-state index contributed by atoms with van der Waals surface area (Å²) in [7, 11) is 0. The normalized spacial score (nSPS) is 9.86. The fraction of sp³-hybridized carbons (Fsp3) is 0.125. The Morgan fingerprint density at radius 2 is 2.21 bits per heavy atom. The van der Waals surface area contributed by atoms with Crippen molar-refractivity contribution in [1.82, 2.24) is 15.0 Å². The van der Waals surface area contributed by atoms with Crippen molar-refractivity contribution in [3.05, 3.63) is 33.5 Å². The summed E-state index contributed by atoms with van der Waals surface area (Å²) < 4.78 is 0. The predicted octanol–water partition coefficient (Wildman–Crippen LogP) is 1.70. The first-order chi connectivity index (χ1) is 6.18. The predicted molar refractivity (Wildman–Crippen MR) is 57.2 cm³/mol. The zero-order chi connectivity index (χ0) is 9.42. The first kappa shape index (κ1) is 10.9. The van der Waals surface area contributed by atoms with E-state index in [9.17, 15) is 4.79 Å². The molecule has 1 N–H and O–H groups in total. The van der Waals surface area contributed by atoms with Gasteiger partial charge in [0.15, 0.2) is 5.65 Å². The van der Waals surface area contributed by atoms with E-state index in [-0.39, 0.29) is 23.2 Å². The van der Waals surface area contributed by atoms with E-state index in [0.29, 0.717) is 11.0 Å². The quantitative estimate of drug-likeness (QED) is 0.703. The molecule has 0 radical (unpaired) electrons. The molecule has 2 heterocycles. The first-order valence-corrected chi connectivity index (χ1v) is 4.07. The molecule has 74 valence electrons. The standard InChI is InChI=1S/C8H6ClN3O.ClH/c1-4-2-3-10-6-5(4)7(13)12-8(9)11-6;/h2-3H,1H3,(H,10,11,12,13);1H. The maximum atomic E-state index is 11.4. The summed E-state index contributed by atoms with van der Waals surface area (Å²) >= 11 is 5.57. The molecule has 0 aliphatic rings. The Morgan fingerprint density at radius 1 is 1.50 bits per heavy atom. The number of hydrogen-bond donors (Lipinski definition) is 1. The molecule has 0 aliphatic heterocycles. The fourth-order valence-electron chi connectivity index (χ4n) is 1.19. The van der Waals surface area contributed by atoms with Crippen molar-refractivity contribution in [2.24, 2.45) is 0 Å². The maximum Gasteiger partial charge on any atom is 0.261 e. The monoisotopic (exact) mass is 231 g/mol. The van der Waals surface area contributed by atoms with E-state index in [2.05, 4.69) is 15.0 Å². The van der Waals surface area contributed by atoms with Gasteiger partial charge in [-0.05, 0) is 30.2 Å². The van der Waals surface area contributed by atoms with Gasteiger partial charge in [0.1, 0.15) is 0 Å². The van der Waals surface area contributed by atoms with E-state index >= 15 is 0 Å². The Kier molecular flexibility index (Phi) is 3.08. The highest BCUT2D eigenvalue weighted by atomic mass is 35.5. The molecule has 0 atom stereocenters. The highest BCUT2D eigenvalue weighted by Gasteiger charge is 2.04. The van der Waals surface area contributed by atoms with Crippen molar-refractivity contribution in [2.75, 3.05) is 0 Å². The molecule has 6 heteroatoms. The van der Waals surface area contributed by atoms with Crippen LogP contribution in [0.25, 0.3) is 11.0 Å². The van der Waals surface area contributed by atoms with Crippen molar-refractivity contribution < 1.29 is 0 Å². The second-order valence-corrected chi connectivity index (χ2v) is 3.04. The highest BCUT2D eigenvalue weighted by molar-refractivity contribution is 6.28. The van der Waals surface area contributed by atoms with Gasteiger partial charge in [0, 0.05) is 6.20 Å². The van der Waals surface area contributed by atoms with Crippen LogP contribution in [0.3, 0.4) is 0 Å². The number of aromatic amines is 1. The minimum absolute atomic E-state index is 0. The van der Waals surface area contributed by atoms with E-state index in [4.69, 9.17) is 11.6 Å². The second-order valence-electron chi connectivity index (χ2n) is 2.68. The molecule has 0 fully saturated rings. The number of hydrogen-bond acceptors (Lipinski definition) is 3. The number of rotatable bonds is 0. The SMILES string of the molecule is Cc1ccnc2nc(Cl)[nH]c(=O)c12.Cl. The minimum atomic E-state index is -0.249. The van der Waals surface area contributed by atoms with E-state index in [1.807, 2.05) is 6.92 Å². The topological polar surface area (TPSA) is 58.6 Å². The molecule has 0 bridgehead atoms. The zero-order valence-corrected chi connectivity index (χ0v) is 8.82. The highest BCUT2D eigenvalue weighted by Crippen LogP contribution is 2.09. The summed E-state index contributed by atoms with van der Waals surface area (Å²) in [6.07, 6.45) is 1.60. The fourth-order valence-corrected chi connectivity index (χ4v) is 1.35. The van der Waals surface area contributed by atoms with Gasteiger partial charge >= 0.3 is 0 Å². The molecule has 0 aromatic carbocycles. The summed E-state index contributed by atoms with van der Waals surface area (Å²) in [6, 6.07) is 1.76. The number of pyridine rings is 1. The molecule has 2 aromatic heterocycles. The average molecular weight is 232 g/mol. The molecule has 0 aliphatic carbocycles. The van der Waals surface area contributed by atoms with Crippen LogP contribution >= 0.6 is 24.0 Å². The molecular weight excluding hydrogens is 225 g/mol. The van der Waals surface area contributed by atoms with Crippen LogP contribution in [0.4, 0.5) is 0 Å². The van der Waals surface area contributed by atoms with Gasteiger partial charge in [-0.1, -0.05) is 0 Å². The van der Waals surface area contributed by atoms with E-state index in [0.717, 1.165) is 5.56 Å². The zero-order valence-electron chi connectivity index (χ0n) is 7.24. The third-order valence-electron chi connectivity index (χ3n) is 1.79. The second kappa shape index (κ2) is 3.94. The van der Waals surface area contributed by atoms with Gasteiger partial charge in [0.2, 0.25) is 5.28 Å². The number of H-pyrrole nitrogens is 1. The van der Waals surface area contributed by atoms with Crippen molar-refractivity contribution in [3.8, 4) is 0 Å². The molecule has 0 unspecified atom stereocenters. The van der Waals surface area contributed by atoms with E-state index in [1.54, 1.807) is 12.3 Å². The number of aromatic nitrogens is 3. The van der Waals surface area contributed by atoms with Crippen LogP contribution < -0.4 is 5.56 Å². The molecular formula is C8H7Cl2N3O. The van der Waals surface area contributed by atoms with Crippen molar-refractivity contribution >= 4 is 35.0 Å². The maximum absolute atomic E-state index is 11.4. The van der Waals surface area contributed by atoms with Gasteiger partial charge in [-0.2, -0.15) is 4.98 Å². The van der Waals surface area contributed by atoms with E-state index in [1.165, 1.54) is 0 Å². The summed E-state index contributed by atoms with van der Waals surface area (Å²) in [6.45, 7) is 1.83. The number of halogens is 2. The van der Waals surface area contributed by atoms with Gasteiger partial charge in [-0.3, -0.25) is 9.78 Å². The Balaban J connectivity index is 0.000000980. The summed E-state index contributed by atoms with van der Waals surface area (Å²) in [4.78, 5) is 21.7. The van der Waals surface area contributed by atoms with Crippen molar-refractivity contribution in [3.63, 3.8) is 0 Å². The van der Waals surface area contributed by atoms with Gasteiger partial charge in [0.25, 0.3) is 5.56 Å². The number of nitrogens with one attached hydrogen (secondary N) is 1. The third-order valence-corrected chi connectivity index (χ3v) is 1.97. The van der Waals surface area contributed by atoms with Crippen LogP contribution in [0.1, 0.15) is 5.56 Å². The van der Waals surface area contributed by atoms with Gasteiger partial charge in [-0.15, -0.1) is 12.4 Å². The summed E-state index contributed by atoms with van der Waals surface area (Å²) in [5.41, 5.74) is 0.977. The smallest absolute Gasteiger partial charge is 0.261 e. The van der Waals surface area contributed by atoms with Crippen LogP contribution in [0.2, 0.25) is 5.28 Å². The van der Waals surface area contributed by atoms with Crippen LogP contribution in [0, 0.1) is 6.92 Å². The first-order valence-electron chi connectivity index (χ1n) is 3.69. The lowest BCUT2D eigenvalue weighted by molar-refractivity contribution is 1.13. The Morgan fingerprint density at radius 3 is 2.93 bits per heavy atom. The van der Waals surface area contributed by atoms with Crippen LogP contribution in [0.15, 0.2) is 17.1 Å². The molecule has 0 saturated carbocycles. The van der Waals surface area contributed by atoms with Crippen LogP contribution in [0.5, 0.6) is 0 Å². The lowest BCUT2D eigenvalue weighted by Gasteiger charge is -1.98. The molecule has 0 spiro atoms. The molecule has 2 rings (SSSR count). The molecule has 14 heavy (non-hydrogen) atoms. The van der Waals surface area contributed by atoms with Gasteiger partial charge in [-0.25, -0.2) is 4.98 Å². The molecule has 2 aromatic rings. The average Bonchev–Trinajstić information content (AvgIpc) is 2.02. The largest absolute Gasteiger partial charge is 0.296 e.